The fourth-order valence-corrected chi connectivity index (χ4v) is 4.31. The topological polar surface area (TPSA) is 84.9 Å². The van der Waals surface area contributed by atoms with Crippen LogP contribution < -0.4 is 19.1 Å². The fraction of sp³-hybridized carbons (Fsp3) is 0.350. The van der Waals surface area contributed by atoms with E-state index in [1.54, 1.807) is 37.3 Å². The minimum atomic E-state index is -3.77. The van der Waals surface area contributed by atoms with Gasteiger partial charge in [0.2, 0.25) is 15.9 Å². The number of amides is 1. The Morgan fingerprint density at radius 1 is 1.07 bits per heavy atom. The molecule has 0 saturated carbocycles. The van der Waals surface area contributed by atoms with Crippen molar-refractivity contribution in [1.82, 2.24) is 5.32 Å². The van der Waals surface area contributed by atoms with E-state index < -0.39 is 28.0 Å². The molecule has 1 N–H and O–H groups in total. The van der Waals surface area contributed by atoms with Crippen LogP contribution in [-0.2, 0) is 14.8 Å². The molecule has 1 aliphatic heterocycles. The number of hydrogen-bond donors (Lipinski definition) is 1. The average Bonchev–Trinajstić information content (AvgIpc) is 2.67. The molecule has 0 spiro atoms. The summed E-state index contributed by atoms with van der Waals surface area (Å²) >= 11 is 0. The van der Waals surface area contributed by atoms with E-state index in [0.717, 1.165) is 10.6 Å². The molecule has 156 valence electrons. The first-order chi connectivity index (χ1) is 13.7. The van der Waals surface area contributed by atoms with Crippen LogP contribution in [0.2, 0.25) is 0 Å². The number of nitrogens with zero attached hydrogens (tertiary/aromatic N) is 1. The number of nitrogens with one attached hydrogen (secondary N) is 1. The van der Waals surface area contributed by atoms with Gasteiger partial charge in [-0.2, -0.15) is 0 Å². The lowest BCUT2D eigenvalue weighted by atomic mass is 10.1. The quantitative estimate of drug-likeness (QED) is 0.774. The van der Waals surface area contributed by atoms with Gasteiger partial charge in [0.05, 0.1) is 18.0 Å². The summed E-state index contributed by atoms with van der Waals surface area (Å²) in [5, 5.41) is 2.78. The molecule has 2 aromatic carbocycles. The molecule has 0 saturated heterocycles. The Balaban J connectivity index is 1.83. The number of rotatable bonds is 6. The van der Waals surface area contributed by atoms with Gasteiger partial charge in [-0.1, -0.05) is 12.1 Å². The first-order valence-electron chi connectivity index (χ1n) is 9.11. The Bertz CT molecular complexity index is 994. The zero-order valence-electron chi connectivity index (χ0n) is 16.4. The highest BCUT2D eigenvalue weighted by Crippen LogP contribution is 2.35. The molecule has 2 aromatic rings. The predicted molar refractivity (Wildman–Crippen MR) is 107 cm³/mol. The SMILES string of the molecule is C[C@H](C(=O)N[C@H](C)c1ccc(F)cc1)N(c1ccc2c(c1)OCCO2)S(C)(=O)=O. The Labute approximate surface area is 169 Å². The summed E-state index contributed by atoms with van der Waals surface area (Å²) in [6, 6.07) is 9.04. The third-order valence-corrected chi connectivity index (χ3v) is 5.84. The number of fused-ring (bicyclic) bond motifs is 1. The first kappa shape index (κ1) is 20.9. The summed E-state index contributed by atoms with van der Waals surface area (Å²) in [4.78, 5) is 12.8. The maximum absolute atomic E-state index is 13.1. The summed E-state index contributed by atoms with van der Waals surface area (Å²) in [5.74, 6) is 0.0924. The van der Waals surface area contributed by atoms with E-state index >= 15 is 0 Å². The highest BCUT2D eigenvalue weighted by Gasteiger charge is 2.31. The van der Waals surface area contributed by atoms with Crippen molar-refractivity contribution >= 4 is 21.6 Å². The second-order valence-electron chi connectivity index (χ2n) is 6.84. The number of ether oxygens (including phenoxy) is 2. The van der Waals surface area contributed by atoms with Crippen LogP contribution in [0.3, 0.4) is 0 Å². The molecule has 3 rings (SSSR count). The van der Waals surface area contributed by atoms with Crippen molar-refractivity contribution in [1.29, 1.82) is 0 Å². The molecule has 29 heavy (non-hydrogen) atoms. The molecule has 0 aliphatic carbocycles. The molecule has 7 nitrogen and oxygen atoms in total. The van der Waals surface area contributed by atoms with Crippen LogP contribution in [0.5, 0.6) is 11.5 Å². The van der Waals surface area contributed by atoms with Gasteiger partial charge in [0.15, 0.2) is 11.5 Å². The van der Waals surface area contributed by atoms with Crippen LogP contribution in [-0.4, -0.2) is 39.8 Å². The molecule has 0 bridgehead atoms. The summed E-state index contributed by atoms with van der Waals surface area (Å²) < 4.78 is 50.1. The average molecular weight is 422 g/mol. The van der Waals surface area contributed by atoms with E-state index in [2.05, 4.69) is 5.32 Å². The number of hydrogen-bond acceptors (Lipinski definition) is 5. The van der Waals surface area contributed by atoms with Gasteiger partial charge in [0.1, 0.15) is 25.1 Å². The molecule has 0 radical (unpaired) electrons. The number of sulfonamides is 1. The van der Waals surface area contributed by atoms with E-state index in [0.29, 0.717) is 36.0 Å². The number of halogens is 1. The van der Waals surface area contributed by atoms with Gasteiger partial charge in [0.25, 0.3) is 0 Å². The van der Waals surface area contributed by atoms with Crippen LogP contribution in [0.1, 0.15) is 25.5 Å². The molecule has 1 aliphatic rings. The van der Waals surface area contributed by atoms with Gasteiger partial charge in [-0.05, 0) is 43.7 Å². The van der Waals surface area contributed by atoms with Crippen molar-refractivity contribution in [2.75, 3.05) is 23.8 Å². The van der Waals surface area contributed by atoms with Crippen molar-refractivity contribution < 1.29 is 27.1 Å². The van der Waals surface area contributed by atoms with Crippen molar-refractivity contribution in [3.05, 3.63) is 53.8 Å². The molecule has 0 fully saturated rings. The van der Waals surface area contributed by atoms with Gasteiger partial charge in [0, 0.05) is 6.07 Å². The Hall–Kier alpha value is -2.81. The van der Waals surface area contributed by atoms with Crippen LogP contribution in [0.25, 0.3) is 0 Å². The third kappa shape index (κ3) is 4.79. The monoisotopic (exact) mass is 422 g/mol. The first-order valence-corrected chi connectivity index (χ1v) is 11.0. The minimum Gasteiger partial charge on any atom is -0.486 e. The Kier molecular flexibility index (Phi) is 5.97. The van der Waals surface area contributed by atoms with Gasteiger partial charge < -0.3 is 14.8 Å². The maximum atomic E-state index is 13.1. The van der Waals surface area contributed by atoms with Crippen LogP contribution in [0, 0.1) is 5.82 Å². The van der Waals surface area contributed by atoms with E-state index in [9.17, 15) is 17.6 Å². The second-order valence-corrected chi connectivity index (χ2v) is 8.70. The number of anilines is 1. The zero-order valence-corrected chi connectivity index (χ0v) is 17.2. The number of carbonyl (C=O) groups excluding carboxylic acids is 1. The van der Waals surface area contributed by atoms with Gasteiger partial charge in [-0.3, -0.25) is 9.10 Å². The molecule has 2 atom stereocenters. The highest BCUT2D eigenvalue weighted by atomic mass is 32.2. The molecule has 0 unspecified atom stereocenters. The summed E-state index contributed by atoms with van der Waals surface area (Å²) in [5.41, 5.74) is 1.01. The standard InChI is InChI=1S/C20H23FN2O5S/c1-13(15-4-6-16(21)7-5-15)22-20(24)14(2)23(29(3,25)26)17-8-9-18-19(12-17)28-11-10-27-18/h4-9,12-14H,10-11H2,1-3H3,(H,22,24)/t13-,14-/m1/s1. The Morgan fingerprint density at radius 2 is 1.69 bits per heavy atom. The lowest BCUT2D eigenvalue weighted by molar-refractivity contribution is -0.122. The molecule has 1 amide bonds. The van der Waals surface area contributed by atoms with Crippen molar-refractivity contribution in [3.8, 4) is 11.5 Å². The van der Waals surface area contributed by atoms with Crippen LogP contribution >= 0.6 is 0 Å². The number of carbonyl (C=O) groups is 1. The van der Waals surface area contributed by atoms with Gasteiger partial charge in [-0.15, -0.1) is 0 Å². The second kappa shape index (κ2) is 8.28. The molecule has 0 aromatic heterocycles. The summed E-state index contributed by atoms with van der Waals surface area (Å²) in [6.07, 6.45) is 1.04. The van der Waals surface area contributed by atoms with Crippen molar-refractivity contribution in [2.45, 2.75) is 25.9 Å². The molecule has 1 heterocycles. The van der Waals surface area contributed by atoms with E-state index in [-0.39, 0.29) is 5.82 Å². The lowest BCUT2D eigenvalue weighted by Gasteiger charge is -2.30. The number of benzene rings is 2. The third-order valence-electron chi connectivity index (χ3n) is 4.60. The fourth-order valence-electron chi connectivity index (χ4n) is 3.15. The predicted octanol–water partition coefficient (Wildman–Crippen LogP) is 2.63. The largest absolute Gasteiger partial charge is 0.486 e. The van der Waals surface area contributed by atoms with E-state index in [1.165, 1.54) is 19.1 Å². The summed E-state index contributed by atoms with van der Waals surface area (Å²) in [7, 11) is -3.77. The van der Waals surface area contributed by atoms with Crippen LogP contribution in [0.4, 0.5) is 10.1 Å². The molecular formula is C20H23FN2O5S. The van der Waals surface area contributed by atoms with Gasteiger partial charge >= 0.3 is 0 Å². The van der Waals surface area contributed by atoms with E-state index in [4.69, 9.17) is 9.47 Å². The smallest absolute Gasteiger partial charge is 0.244 e. The van der Waals surface area contributed by atoms with Crippen molar-refractivity contribution in [2.24, 2.45) is 0 Å². The van der Waals surface area contributed by atoms with Gasteiger partial charge in [-0.25, -0.2) is 12.8 Å². The Morgan fingerprint density at radius 3 is 2.31 bits per heavy atom. The normalized spacial score (nSPS) is 15.3. The maximum Gasteiger partial charge on any atom is 0.244 e. The molecule has 9 heteroatoms. The van der Waals surface area contributed by atoms with Crippen molar-refractivity contribution in [3.63, 3.8) is 0 Å². The molecular weight excluding hydrogens is 399 g/mol. The minimum absolute atomic E-state index is 0.300. The van der Waals surface area contributed by atoms with Crippen LogP contribution in [0.15, 0.2) is 42.5 Å². The highest BCUT2D eigenvalue weighted by molar-refractivity contribution is 7.92. The van der Waals surface area contributed by atoms with E-state index in [1.807, 2.05) is 0 Å². The lowest BCUT2D eigenvalue weighted by Crippen LogP contribution is -2.48. The zero-order chi connectivity index (χ0) is 21.2. The summed E-state index contributed by atoms with van der Waals surface area (Å²) in [6.45, 7) is 4.03.